The summed E-state index contributed by atoms with van der Waals surface area (Å²) in [6.07, 6.45) is 0. The third-order valence-electron chi connectivity index (χ3n) is 0.908. The highest BCUT2D eigenvalue weighted by molar-refractivity contribution is 5.73. The van der Waals surface area contributed by atoms with Gasteiger partial charge in [-0.25, -0.2) is 0 Å². The Morgan fingerprint density at radius 2 is 2.57 bits per heavy atom. The molecule has 1 heterocycles. The molecule has 0 aromatic rings. The first kappa shape index (κ1) is 4.23. The second-order valence-corrected chi connectivity index (χ2v) is 1.44. The summed E-state index contributed by atoms with van der Waals surface area (Å²) in [5, 5.41) is 11.3. The number of guanidine groups is 1. The fourth-order valence-electron chi connectivity index (χ4n) is 0.502. The van der Waals surface area contributed by atoms with Gasteiger partial charge in [0, 0.05) is 0 Å². The molecule has 0 bridgehead atoms. The Labute approximate surface area is 41.2 Å². The Morgan fingerprint density at radius 3 is 2.71 bits per heavy atom. The summed E-state index contributed by atoms with van der Waals surface area (Å²) in [7, 11) is 0. The molecule has 1 aliphatic heterocycles. The van der Waals surface area contributed by atoms with Gasteiger partial charge in [-0.2, -0.15) is 0 Å². The molecule has 1 aliphatic rings. The van der Waals surface area contributed by atoms with Crippen molar-refractivity contribution in [2.75, 3.05) is 13.1 Å². The van der Waals surface area contributed by atoms with Crippen LogP contribution in [0.2, 0.25) is 0 Å². The summed E-state index contributed by atoms with van der Waals surface area (Å²) in [5.41, 5.74) is 5.16. The molecule has 7 heavy (non-hydrogen) atoms. The molecule has 4 N–H and O–H groups in total. The first-order valence-electron chi connectivity index (χ1n) is 2.13. The van der Waals surface area contributed by atoms with E-state index in [1.54, 1.807) is 0 Å². The number of nitrogens with one attached hydrogen (secondary N) is 1. The van der Waals surface area contributed by atoms with Crippen LogP contribution in [0.1, 0.15) is 0 Å². The number of hydroxylamine groups is 1. The molecule has 4 nitrogen and oxygen atoms in total. The highest BCUT2D eigenvalue weighted by atomic mass is 16.5. The fraction of sp³-hybridized carbons (Fsp3) is 0.667. The van der Waals surface area contributed by atoms with Gasteiger partial charge < -0.3 is 5.21 Å². The molecule has 0 aromatic carbocycles. The van der Waals surface area contributed by atoms with Crippen LogP contribution < -0.4 is 11.1 Å². The van der Waals surface area contributed by atoms with Crippen molar-refractivity contribution >= 4 is 5.96 Å². The van der Waals surface area contributed by atoms with Gasteiger partial charge in [-0.1, -0.05) is 4.74 Å². The lowest BCUT2D eigenvalue weighted by Crippen LogP contribution is -2.30. The smallest absolute Gasteiger partial charge is 0.376 e. The molecule has 0 atom stereocenters. The minimum absolute atomic E-state index is 0.347. The van der Waals surface area contributed by atoms with Crippen molar-refractivity contribution in [3.05, 3.63) is 0 Å². The van der Waals surface area contributed by atoms with Crippen molar-refractivity contribution in [2.24, 2.45) is 5.73 Å². The predicted octanol–water partition coefficient (Wildman–Crippen LogP) is -1.69. The van der Waals surface area contributed by atoms with Gasteiger partial charge in [0.2, 0.25) is 0 Å². The van der Waals surface area contributed by atoms with Gasteiger partial charge in [-0.05, 0) is 0 Å². The lowest BCUT2D eigenvalue weighted by Gasteiger charge is -1.83. The normalized spacial score (nSPS) is 20.0. The van der Waals surface area contributed by atoms with E-state index in [9.17, 15) is 0 Å². The summed E-state index contributed by atoms with van der Waals surface area (Å²) >= 11 is 0. The van der Waals surface area contributed by atoms with E-state index in [4.69, 9.17) is 10.9 Å². The molecule has 0 unspecified atom stereocenters. The Bertz CT molecular complexity index is 96.7. The average molecular weight is 102 g/mol. The van der Waals surface area contributed by atoms with Crippen molar-refractivity contribution < 1.29 is 9.95 Å². The standard InChI is InChI=1S/C3H7N3O/c4-3-5-1-2-6(3)7/h7H,1-2H2,(H2,4,5)/p+1. The first-order valence-corrected chi connectivity index (χ1v) is 2.13. The second-order valence-electron chi connectivity index (χ2n) is 1.44. The maximum absolute atomic E-state index is 8.61. The van der Waals surface area contributed by atoms with Crippen LogP contribution >= 0.6 is 0 Å². The maximum Gasteiger partial charge on any atom is 0.380 e. The summed E-state index contributed by atoms with van der Waals surface area (Å²) in [6, 6.07) is 0. The summed E-state index contributed by atoms with van der Waals surface area (Å²) < 4.78 is 0.986. The molecule has 0 saturated carbocycles. The van der Waals surface area contributed by atoms with Crippen LogP contribution in [-0.4, -0.2) is 29.0 Å². The highest BCUT2D eigenvalue weighted by Crippen LogP contribution is 1.73. The molecular formula is C3H8N3O+. The minimum atomic E-state index is 0.347. The topological polar surface area (TPSA) is 61.3 Å². The van der Waals surface area contributed by atoms with Crippen LogP contribution in [0.5, 0.6) is 0 Å². The molecule has 0 amide bonds. The lowest BCUT2D eigenvalue weighted by molar-refractivity contribution is -0.768. The van der Waals surface area contributed by atoms with Gasteiger partial charge in [0.15, 0.2) is 0 Å². The predicted molar refractivity (Wildman–Crippen MR) is 24.1 cm³/mol. The van der Waals surface area contributed by atoms with Crippen LogP contribution in [0.25, 0.3) is 0 Å². The molecule has 0 aliphatic carbocycles. The average Bonchev–Trinajstić information content (AvgIpc) is 1.91. The van der Waals surface area contributed by atoms with Crippen molar-refractivity contribution in [1.82, 2.24) is 5.32 Å². The summed E-state index contributed by atoms with van der Waals surface area (Å²) in [4.78, 5) is 0. The van der Waals surface area contributed by atoms with Gasteiger partial charge >= 0.3 is 5.96 Å². The van der Waals surface area contributed by atoms with E-state index in [0.717, 1.165) is 11.3 Å². The van der Waals surface area contributed by atoms with E-state index in [1.807, 2.05) is 0 Å². The van der Waals surface area contributed by atoms with Gasteiger partial charge in [0.05, 0.1) is 6.54 Å². The van der Waals surface area contributed by atoms with E-state index < -0.39 is 0 Å². The van der Waals surface area contributed by atoms with Crippen LogP contribution in [0.3, 0.4) is 0 Å². The number of rotatable bonds is 0. The molecule has 0 spiro atoms. The molecule has 0 aromatic heterocycles. The third kappa shape index (κ3) is 0.581. The monoisotopic (exact) mass is 102 g/mol. The molecule has 0 saturated heterocycles. The third-order valence-corrected chi connectivity index (χ3v) is 0.908. The van der Waals surface area contributed by atoms with Crippen LogP contribution in [-0.2, 0) is 0 Å². The van der Waals surface area contributed by atoms with E-state index in [-0.39, 0.29) is 0 Å². The van der Waals surface area contributed by atoms with Crippen molar-refractivity contribution in [3.63, 3.8) is 0 Å². The summed E-state index contributed by atoms with van der Waals surface area (Å²) in [5.74, 6) is 0.347. The Kier molecular flexibility index (Phi) is 0.780. The Hall–Kier alpha value is -0.930. The van der Waals surface area contributed by atoms with Gasteiger partial charge in [-0.15, -0.1) is 0 Å². The molecular weight excluding hydrogens is 94.1 g/mol. The molecule has 1 rings (SSSR count). The van der Waals surface area contributed by atoms with Crippen LogP contribution in [0, 0.1) is 0 Å². The van der Waals surface area contributed by atoms with Crippen LogP contribution in [0.4, 0.5) is 0 Å². The number of nitrogens with two attached hydrogens (primary N) is 1. The fourth-order valence-corrected chi connectivity index (χ4v) is 0.502. The van der Waals surface area contributed by atoms with Crippen molar-refractivity contribution in [2.45, 2.75) is 0 Å². The molecule has 40 valence electrons. The molecule has 4 heteroatoms. The van der Waals surface area contributed by atoms with Crippen molar-refractivity contribution in [3.8, 4) is 0 Å². The number of nitrogens with zero attached hydrogens (tertiary/aromatic N) is 1. The van der Waals surface area contributed by atoms with Gasteiger partial charge in [0.1, 0.15) is 6.54 Å². The number of hydrogen-bond acceptors (Lipinski definition) is 3. The largest absolute Gasteiger partial charge is 0.380 e. The van der Waals surface area contributed by atoms with Gasteiger partial charge in [-0.3, -0.25) is 11.1 Å². The minimum Gasteiger partial charge on any atom is -0.376 e. The molecule has 0 radical (unpaired) electrons. The quantitative estimate of drug-likeness (QED) is 0.252. The zero-order chi connectivity index (χ0) is 5.28. The number of hydrogen-bond donors (Lipinski definition) is 3. The molecule has 0 fully saturated rings. The first-order chi connectivity index (χ1) is 3.30. The zero-order valence-corrected chi connectivity index (χ0v) is 3.89. The van der Waals surface area contributed by atoms with Gasteiger partial charge in [0.25, 0.3) is 0 Å². The second kappa shape index (κ2) is 1.29. The van der Waals surface area contributed by atoms with Crippen LogP contribution in [0.15, 0.2) is 0 Å². The van der Waals surface area contributed by atoms with E-state index in [2.05, 4.69) is 5.32 Å². The zero-order valence-electron chi connectivity index (χ0n) is 3.89. The van der Waals surface area contributed by atoms with E-state index in [1.165, 1.54) is 0 Å². The maximum atomic E-state index is 8.61. The highest BCUT2D eigenvalue weighted by Gasteiger charge is 2.12. The van der Waals surface area contributed by atoms with E-state index in [0.29, 0.717) is 12.5 Å². The SMILES string of the molecule is NC1=[N+](O)CCN1. The lowest BCUT2D eigenvalue weighted by atomic mass is 10.7. The summed E-state index contributed by atoms with van der Waals surface area (Å²) in [6.45, 7) is 1.33. The Balaban J connectivity index is 2.64. The Morgan fingerprint density at radius 1 is 1.86 bits per heavy atom. The van der Waals surface area contributed by atoms with Crippen molar-refractivity contribution in [1.29, 1.82) is 0 Å². The van der Waals surface area contributed by atoms with E-state index >= 15 is 0 Å².